The number of nitrogens with one attached hydrogen (secondary N) is 1. The second-order valence-corrected chi connectivity index (χ2v) is 4.34. The molecule has 116 valence electrons. The molecule has 0 radical (unpaired) electrons. The van der Waals surface area contributed by atoms with Crippen LogP contribution < -0.4 is 4.74 Å². The van der Waals surface area contributed by atoms with E-state index in [9.17, 15) is 9.59 Å². The van der Waals surface area contributed by atoms with Crippen LogP contribution in [0.25, 0.3) is 11.3 Å². The van der Waals surface area contributed by atoms with Crippen molar-refractivity contribution in [2.24, 2.45) is 0 Å². The zero-order chi connectivity index (χ0) is 16.1. The van der Waals surface area contributed by atoms with Gasteiger partial charge in [-0.3, -0.25) is 0 Å². The van der Waals surface area contributed by atoms with E-state index in [1.807, 2.05) is 0 Å². The number of carbonyl (C=O) groups is 2. The molecule has 0 fully saturated rings. The van der Waals surface area contributed by atoms with E-state index in [4.69, 9.17) is 14.6 Å². The molecule has 1 aromatic heterocycles. The fraction of sp³-hybridized carbons (Fsp3) is 0.286. The first-order chi connectivity index (χ1) is 10.5. The second kappa shape index (κ2) is 6.70. The van der Waals surface area contributed by atoms with Crippen molar-refractivity contribution in [3.8, 4) is 17.0 Å². The highest BCUT2D eigenvalue weighted by Gasteiger charge is 2.23. The molecule has 0 aliphatic heterocycles. The Kier molecular flexibility index (Phi) is 4.72. The maximum Gasteiger partial charge on any atom is 0.361 e. The van der Waals surface area contributed by atoms with E-state index in [-0.39, 0.29) is 23.7 Å². The number of aliphatic carboxylic acids is 1. The number of aromatic nitrogens is 3. The molecular formula is C14H15N3O5. The van der Waals surface area contributed by atoms with E-state index in [1.165, 1.54) is 6.92 Å². The monoisotopic (exact) mass is 305 g/mol. The topological polar surface area (TPSA) is 114 Å². The normalized spacial score (nSPS) is 11.7. The Morgan fingerprint density at radius 2 is 2.05 bits per heavy atom. The number of aromatic amines is 1. The van der Waals surface area contributed by atoms with Gasteiger partial charge in [-0.15, -0.1) is 5.10 Å². The average molecular weight is 305 g/mol. The van der Waals surface area contributed by atoms with Gasteiger partial charge in [0.25, 0.3) is 0 Å². The first-order valence-corrected chi connectivity index (χ1v) is 6.61. The lowest BCUT2D eigenvalue weighted by molar-refractivity contribution is -0.144. The van der Waals surface area contributed by atoms with Gasteiger partial charge in [0.05, 0.1) is 6.61 Å². The number of rotatable bonds is 6. The van der Waals surface area contributed by atoms with E-state index < -0.39 is 18.0 Å². The van der Waals surface area contributed by atoms with Crippen molar-refractivity contribution in [2.45, 2.75) is 20.0 Å². The van der Waals surface area contributed by atoms with Crippen LogP contribution in [0.3, 0.4) is 0 Å². The van der Waals surface area contributed by atoms with Crippen LogP contribution in [-0.4, -0.2) is 45.2 Å². The average Bonchev–Trinajstić information content (AvgIpc) is 2.97. The molecule has 0 aliphatic rings. The van der Waals surface area contributed by atoms with Crippen molar-refractivity contribution < 1.29 is 24.2 Å². The summed E-state index contributed by atoms with van der Waals surface area (Å²) in [4.78, 5) is 22.8. The van der Waals surface area contributed by atoms with Crippen molar-refractivity contribution in [1.82, 2.24) is 15.4 Å². The Labute approximate surface area is 126 Å². The lowest BCUT2D eigenvalue weighted by Gasteiger charge is -2.13. The van der Waals surface area contributed by atoms with Gasteiger partial charge >= 0.3 is 11.9 Å². The van der Waals surface area contributed by atoms with Crippen molar-refractivity contribution >= 4 is 11.9 Å². The highest BCUT2D eigenvalue weighted by Crippen LogP contribution is 2.30. The Balaban J connectivity index is 2.40. The van der Waals surface area contributed by atoms with Gasteiger partial charge < -0.3 is 14.6 Å². The van der Waals surface area contributed by atoms with Crippen LogP contribution in [0.15, 0.2) is 24.3 Å². The summed E-state index contributed by atoms with van der Waals surface area (Å²) in [6.45, 7) is 3.30. The zero-order valence-electron chi connectivity index (χ0n) is 12.1. The SMILES string of the molecule is CCOC(=O)c1n[nH]nc1-c1ccccc1OC(C)C(=O)O. The highest BCUT2D eigenvalue weighted by molar-refractivity contribution is 5.94. The van der Waals surface area contributed by atoms with Crippen LogP contribution in [0.2, 0.25) is 0 Å². The summed E-state index contributed by atoms with van der Waals surface area (Å²) >= 11 is 0. The molecule has 2 aromatic rings. The molecule has 0 amide bonds. The predicted octanol–water partition coefficient (Wildman–Crippen LogP) is 1.50. The standard InChI is InChI=1S/C14H15N3O5/c1-3-21-14(20)12-11(15-17-16-12)9-6-4-5-7-10(9)22-8(2)13(18)19/h4-8H,3H2,1-2H3,(H,18,19)(H,15,16,17). The third-order valence-corrected chi connectivity index (χ3v) is 2.81. The summed E-state index contributed by atoms with van der Waals surface area (Å²) in [5, 5.41) is 19.0. The first kappa shape index (κ1) is 15.5. The van der Waals surface area contributed by atoms with Crippen LogP contribution in [0.4, 0.5) is 0 Å². The van der Waals surface area contributed by atoms with Crippen LogP contribution in [0.5, 0.6) is 5.75 Å². The number of hydrogen-bond donors (Lipinski definition) is 2. The number of carboxylic acid groups (broad SMARTS) is 1. The molecule has 0 bridgehead atoms. The predicted molar refractivity (Wildman–Crippen MR) is 75.5 cm³/mol. The number of ether oxygens (including phenoxy) is 2. The Bertz CT molecular complexity index is 683. The van der Waals surface area contributed by atoms with E-state index >= 15 is 0 Å². The van der Waals surface area contributed by atoms with Gasteiger partial charge in [0, 0.05) is 5.56 Å². The Morgan fingerprint density at radius 1 is 1.32 bits per heavy atom. The van der Waals surface area contributed by atoms with Gasteiger partial charge in [-0.1, -0.05) is 12.1 Å². The largest absolute Gasteiger partial charge is 0.479 e. The van der Waals surface area contributed by atoms with Gasteiger partial charge in [-0.25, -0.2) is 9.59 Å². The number of nitrogens with zero attached hydrogens (tertiary/aromatic N) is 2. The van der Waals surface area contributed by atoms with E-state index in [0.29, 0.717) is 5.56 Å². The molecule has 0 spiro atoms. The molecule has 0 saturated carbocycles. The Hall–Kier alpha value is -2.90. The third-order valence-electron chi connectivity index (χ3n) is 2.81. The third kappa shape index (κ3) is 3.22. The lowest BCUT2D eigenvalue weighted by atomic mass is 10.1. The summed E-state index contributed by atoms with van der Waals surface area (Å²) in [6.07, 6.45) is -1.04. The van der Waals surface area contributed by atoms with Gasteiger partial charge in [0.1, 0.15) is 11.4 Å². The molecule has 0 saturated heterocycles. The molecule has 1 unspecified atom stereocenters. The number of carboxylic acids is 1. The van der Waals surface area contributed by atoms with Crippen molar-refractivity contribution in [1.29, 1.82) is 0 Å². The lowest BCUT2D eigenvalue weighted by Crippen LogP contribution is -2.23. The van der Waals surface area contributed by atoms with Crippen LogP contribution in [-0.2, 0) is 9.53 Å². The van der Waals surface area contributed by atoms with E-state index in [0.717, 1.165) is 0 Å². The molecule has 1 heterocycles. The number of para-hydroxylation sites is 1. The second-order valence-electron chi connectivity index (χ2n) is 4.34. The minimum Gasteiger partial charge on any atom is -0.479 e. The quantitative estimate of drug-likeness (QED) is 0.777. The summed E-state index contributed by atoms with van der Waals surface area (Å²) in [5.41, 5.74) is 0.708. The number of carbonyl (C=O) groups excluding carboxylic acids is 1. The van der Waals surface area contributed by atoms with Gasteiger partial charge in [-0.05, 0) is 26.0 Å². The highest BCUT2D eigenvalue weighted by atomic mass is 16.5. The summed E-state index contributed by atoms with van der Waals surface area (Å²) in [5.74, 6) is -1.43. The van der Waals surface area contributed by atoms with E-state index in [1.54, 1.807) is 31.2 Å². The maximum absolute atomic E-state index is 11.9. The molecular weight excluding hydrogens is 290 g/mol. The smallest absolute Gasteiger partial charge is 0.361 e. The molecule has 22 heavy (non-hydrogen) atoms. The number of hydrogen-bond acceptors (Lipinski definition) is 6. The van der Waals surface area contributed by atoms with Crippen molar-refractivity contribution in [3.05, 3.63) is 30.0 Å². The molecule has 2 N–H and O–H groups in total. The van der Waals surface area contributed by atoms with Gasteiger partial charge in [0.15, 0.2) is 11.8 Å². The fourth-order valence-corrected chi connectivity index (χ4v) is 1.77. The summed E-state index contributed by atoms with van der Waals surface area (Å²) < 4.78 is 10.3. The van der Waals surface area contributed by atoms with Crippen LogP contribution in [0, 0.1) is 0 Å². The van der Waals surface area contributed by atoms with Crippen molar-refractivity contribution in [3.63, 3.8) is 0 Å². The molecule has 8 nitrogen and oxygen atoms in total. The minimum absolute atomic E-state index is 0.0147. The number of benzene rings is 1. The molecule has 1 aromatic carbocycles. The first-order valence-electron chi connectivity index (χ1n) is 6.61. The van der Waals surface area contributed by atoms with Gasteiger partial charge in [-0.2, -0.15) is 10.3 Å². The van der Waals surface area contributed by atoms with Crippen LogP contribution in [0.1, 0.15) is 24.3 Å². The molecule has 0 aliphatic carbocycles. The number of H-pyrrole nitrogens is 1. The Morgan fingerprint density at radius 3 is 2.73 bits per heavy atom. The van der Waals surface area contributed by atoms with Crippen molar-refractivity contribution in [2.75, 3.05) is 6.61 Å². The van der Waals surface area contributed by atoms with Crippen LogP contribution >= 0.6 is 0 Å². The summed E-state index contributed by atoms with van der Waals surface area (Å²) in [7, 11) is 0. The summed E-state index contributed by atoms with van der Waals surface area (Å²) in [6, 6.07) is 6.66. The maximum atomic E-state index is 11.9. The fourth-order valence-electron chi connectivity index (χ4n) is 1.77. The molecule has 2 rings (SSSR count). The minimum atomic E-state index is -1.10. The molecule has 1 atom stereocenters. The zero-order valence-corrected chi connectivity index (χ0v) is 12.1. The van der Waals surface area contributed by atoms with E-state index in [2.05, 4.69) is 15.4 Å². The van der Waals surface area contributed by atoms with Gasteiger partial charge in [0.2, 0.25) is 0 Å². The number of esters is 1. The molecule has 8 heteroatoms.